The molecule has 204 valence electrons. The van der Waals surface area contributed by atoms with Gasteiger partial charge in [-0.2, -0.15) is 5.10 Å². The van der Waals surface area contributed by atoms with E-state index in [0.717, 1.165) is 36.0 Å². The number of aryl methyl sites for hydroxylation is 1. The van der Waals surface area contributed by atoms with Gasteiger partial charge < -0.3 is 10.2 Å². The minimum absolute atomic E-state index is 0.0273. The van der Waals surface area contributed by atoms with Gasteiger partial charge in [0.2, 0.25) is 5.91 Å². The predicted octanol–water partition coefficient (Wildman–Crippen LogP) is 5.01. The number of rotatable bonds is 4. The maximum Gasteiger partial charge on any atom is 0.227 e. The quantitative estimate of drug-likeness (QED) is 0.568. The number of halogens is 3. The Morgan fingerprint density at radius 1 is 1.08 bits per heavy atom. The number of amides is 1. The summed E-state index contributed by atoms with van der Waals surface area (Å²) >= 11 is 0. The Morgan fingerprint density at radius 3 is 2.39 bits per heavy atom. The molecule has 0 aliphatic carbocycles. The standard InChI is InChI=1S/C29H36F3N5O/c1-18-13-26(37(34-18)21-7-5-20(30)6-8-21)19-9-11-35(12-10-19)28(38)24-17-36(29(2,3)4)16-23(24)22-15-33-27(32)14-25(22)31/h5-8,13-15,19,23-24,27,33H,9-12,16-17H2,1-4H3/t23-,24+,27?/m0/s1. The van der Waals surface area contributed by atoms with E-state index in [1.54, 1.807) is 12.1 Å². The summed E-state index contributed by atoms with van der Waals surface area (Å²) in [5, 5.41) is 7.20. The third-order valence-corrected chi connectivity index (χ3v) is 8.11. The van der Waals surface area contributed by atoms with Gasteiger partial charge in [0.05, 0.1) is 17.3 Å². The van der Waals surface area contributed by atoms with E-state index >= 15 is 0 Å². The number of allylic oxidation sites excluding steroid dienone is 1. The van der Waals surface area contributed by atoms with E-state index in [2.05, 4.69) is 42.2 Å². The third-order valence-electron chi connectivity index (χ3n) is 8.11. The summed E-state index contributed by atoms with van der Waals surface area (Å²) in [4.78, 5) is 18.0. The van der Waals surface area contributed by atoms with E-state index in [0.29, 0.717) is 31.8 Å². The fraction of sp³-hybridized carbons (Fsp3) is 0.517. The minimum atomic E-state index is -1.56. The zero-order valence-corrected chi connectivity index (χ0v) is 22.4. The monoisotopic (exact) mass is 527 g/mol. The highest BCUT2D eigenvalue weighted by Crippen LogP contribution is 2.40. The molecule has 0 spiro atoms. The lowest BCUT2D eigenvalue weighted by Crippen LogP contribution is -2.45. The predicted molar refractivity (Wildman–Crippen MR) is 140 cm³/mol. The molecule has 6 nitrogen and oxygen atoms in total. The lowest BCUT2D eigenvalue weighted by molar-refractivity contribution is -0.137. The summed E-state index contributed by atoms with van der Waals surface area (Å²) in [6.07, 6.45) is 2.34. The second-order valence-corrected chi connectivity index (χ2v) is 11.7. The molecular formula is C29H36F3N5O. The van der Waals surface area contributed by atoms with Crippen molar-refractivity contribution in [1.29, 1.82) is 0 Å². The highest BCUT2D eigenvalue weighted by atomic mass is 19.1. The van der Waals surface area contributed by atoms with Crippen molar-refractivity contribution in [3.05, 3.63) is 71.2 Å². The normalized spacial score (nSPS) is 25.2. The highest BCUT2D eigenvalue weighted by Gasteiger charge is 2.46. The molecule has 1 unspecified atom stereocenters. The molecule has 5 rings (SSSR count). The van der Waals surface area contributed by atoms with E-state index < -0.39 is 18.0 Å². The van der Waals surface area contributed by atoms with Crippen LogP contribution in [0.5, 0.6) is 0 Å². The third kappa shape index (κ3) is 5.25. The zero-order valence-electron chi connectivity index (χ0n) is 22.4. The molecule has 2 saturated heterocycles. The topological polar surface area (TPSA) is 53.4 Å². The van der Waals surface area contributed by atoms with Crippen molar-refractivity contribution < 1.29 is 18.0 Å². The number of benzene rings is 1. The van der Waals surface area contributed by atoms with Crippen molar-refractivity contribution in [2.75, 3.05) is 26.2 Å². The number of hydrogen-bond acceptors (Lipinski definition) is 4. The van der Waals surface area contributed by atoms with Gasteiger partial charge in [0.25, 0.3) is 0 Å². The van der Waals surface area contributed by atoms with E-state index in [4.69, 9.17) is 0 Å². The molecule has 9 heteroatoms. The molecule has 1 amide bonds. The van der Waals surface area contributed by atoms with Crippen LogP contribution in [0.25, 0.3) is 5.69 Å². The molecule has 3 aliphatic rings. The van der Waals surface area contributed by atoms with Crippen molar-refractivity contribution in [3.8, 4) is 5.69 Å². The van der Waals surface area contributed by atoms with Crippen LogP contribution in [0.1, 0.15) is 50.9 Å². The Hall–Kier alpha value is -3.07. The highest BCUT2D eigenvalue weighted by molar-refractivity contribution is 5.80. The number of carbonyl (C=O) groups excluding carboxylic acids is 1. The summed E-state index contributed by atoms with van der Waals surface area (Å²) in [5.74, 6) is -1.39. The molecular weight excluding hydrogens is 491 g/mol. The second kappa shape index (κ2) is 10.2. The number of nitrogens with one attached hydrogen (secondary N) is 1. The van der Waals surface area contributed by atoms with Gasteiger partial charge in [-0.25, -0.2) is 17.9 Å². The van der Waals surface area contributed by atoms with Gasteiger partial charge in [-0.1, -0.05) is 0 Å². The summed E-state index contributed by atoms with van der Waals surface area (Å²) in [6, 6.07) is 8.37. The Kier molecular flexibility index (Phi) is 7.15. The first kappa shape index (κ1) is 26.5. The second-order valence-electron chi connectivity index (χ2n) is 11.7. The number of alkyl halides is 1. The molecule has 2 fully saturated rings. The number of likely N-dealkylation sites (tertiary alicyclic amines) is 2. The number of carbonyl (C=O) groups is 1. The first-order valence-corrected chi connectivity index (χ1v) is 13.4. The summed E-state index contributed by atoms with van der Waals surface area (Å²) in [6.45, 7) is 10.5. The smallest absolute Gasteiger partial charge is 0.227 e. The lowest BCUT2D eigenvalue weighted by Gasteiger charge is -2.35. The van der Waals surface area contributed by atoms with Gasteiger partial charge >= 0.3 is 0 Å². The molecule has 1 aromatic heterocycles. The van der Waals surface area contributed by atoms with Crippen LogP contribution in [0.15, 0.2) is 54.0 Å². The molecule has 0 radical (unpaired) electrons. The first-order valence-electron chi connectivity index (χ1n) is 13.4. The van der Waals surface area contributed by atoms with Crippen molar-refractivity contribution in [2.24, 2.45) is 11.8 Å². The Balaban J connectivity index is 1.31. The average molecular weight is 528 g/mol. The maximum atomic E-state index is 14.8. The molecule has 0 saturated carbocycles. The van der Waals surface area contributed by atoms with Crippen LogP contribution in [0.3, 0.4) is 0 Å². The fourth-order valence-electron chi connectivity index (χ4n) is 5.94. The number of hydrogen-bond donors (Lipinski definition) is 1. The lowest BCUT2D eigenvalue weighted by atomic mass is 9.85. The van der Waals surface area contributed by atoms with Crippen LogP contribution < -0.4 is 5.32 Å². The van der Waals surface area contributed by atoms with E-state index in [1.165, 1.54) is 18.3 Å². The molecule has 3 atom stereocenters. The molecule has 3 aliphatic heterocycles. The number of aromatic nitrogens is 2. The largest absolute Gasteiger partial charge is 0.358 e. The van der Waals surface area contributed by atoms with Gasteiger partial charge in [0, 0.05) is 67.1 Å². The summed E-state index contributed by atoms with van der Waals surface area (Å²) < 4.78 is 43.8. The molecule has 1 aromatic carbocycles. The van der Waals surface area contributed by atoms with E-state index in [-0.39, 0.29) is 29.1 Å². The van der Waals surface area contributed by atoms with Crippen LogP contribution in [0.4, 0.5) is 13.2 Å². The number of nitrogens with zero attached hydrogens (tertiary/aromatic N) is 4. The van der Waals surface area contributed by atoms with Crippen molar-refractivity contribution in [1.82, 2.24) is 24.9 Å². The van der Waals surface area contributed by atoms with Gasteiger partial charge in [-0.3, -0.25) is 9.69 Å². The fourth-order valence-corrected chi connectivity index (χ4v) is 5.94. The summed E-state index contributed by atoms with van der Waals surface area (Å²) in [5.41, 5.74) is 2.95. The molecule has 1 N–H and O–H groups in total. The van der Waals surface area contributed by atoms with Gasteiger partial charge in [-0.05, 0) is 70.9 Å². The van der Waals surface area contributed by atoms with Crippen LogP contribution in [0.2, 0.25) is 0 Å². The SMILES string of the molecule is Cc1cc(C2CCN(C(=O)[C@@H]3CN(C(C)(C)C)C[C@H]3C3=CNC(F)C=C3F)CC2)n(-c2ccc(F)cc2)n1. The van der Waals surface area contributed by atoms with Gasteiger partial charge in [0.1, 0.15) is 11.6 Å². The molecule has 38 heavy (non-hydrogen) atoms. The summed E-state index contributed by atoms with van der Waals surface area (Å²) in [7, 11) is 0. The molecule has 4 heterocycles. The average Bonchev–Trinajstić information content (AvgIpc) is 3.49. The number of piperidine rings is 1. The Bertz CT molecular complexity index is 1240. The van der Waals surface area contributed by atoms with Crippen LogP contribution >= 0.6 is 0 Å². The number of dihydropyridines is 1. The Labute approximate surface area is 222 Å². The van der Waals surface area contributed by atoms with E-state index in [1.807, 2.05) is 16.5 Å². The molecule has 0 bridgehead atoms. The van der Waals surface area contributed by atoms with Crippen LogP contribution in [0, 0.1) is 24.6 Å². The van der Waals surface area contributed by atoms with Crippen LogP contribution in [-0.4, -0.2) is 63.5 Å². The van der Waals surface area contributed by atoms with Crippen molar-refractivity contribution in [3.63, 3.8) is 0 Å². The van der Waals surface area contributed by atoms with Crippen molar-refractivity contribution in [2.45, 2.75) is 58.3 Å². The minimum Gasteiger partial charge on any atom is -0.358 e. The molecule has 2 aromatic rings. The first-order chi connectivity index (χ1) is 18.0. The van der Waals surface area contributed by atoms with Crippen LogP contribution in [-0.2, 0) is 4.79 Å². The zero-order chi connectivity index (χ0) is 27.2. The maximum absolute atomic E-state index is 14.8. The van der Waals surface area contributed by atoms with Gasteiger partial charge in [-0.15, -0.1) is 0 Å². The van der Waals surface area contributed by atoms with Crippen molar-refractivity contribution >= 4 is 5.91 Å². The van der Waals surface area contributed by atoms with Gasteiger partial charge in [0.15, 0.2) is 6.30 Å². The Morgan fingerprint density at radius 2 is 1.76 bits per heavy atom. The van der Waals surface area contributed by atoms with E-state index in [9.17, 15) is 18.0 Å².